The largest absolute Gasteiger partial charge is 0.497 e. The number of aromatic nitrogens is 2. The van der Waals surface area contributed by atoms with Crippen molar-refractivity contribution in [3.8, 4) is 5.75 Å². The van der Waals surface area contributed by atoms with Gasteiger partial charge in [-0.25, -0.2) is 9.79 Å². The fraction of sp³-hybridized carbons (Fsp3) is 0.182. The Labute approximate surface area is 176 Å². The zero-order valence-electron chi connectivity index (χ0n) is 16.7. The number of allylic oxidation sites excluding steroid dienone is 1. The molecule has 1 aromatic carbocycles. The summed E-state index contributed by atoms with van der Waals surface area (Å²) in [6.07, 6.45) is 5.13. The third-order valence-electron chi connectivity index (χ3n) is 4.82. The maximum atomic E-state index is 13.4. The minimum absolute atomic E-state index is 0.232. The average molecular weight is 421 g/mol. The van der Waals surface area contributed by atoms with Gasteiger partial charge >= 0.3 is 5.97 Å². The number of thiazole rings is 1. The van der Waals surface area contributed by atoms with E-state index in [2.05, 4.69) is 9.98 Å². The Bertz CT molecular complexity index is 1320. The smallest absolute Gasteiger partial charge is 0.338 e. The highest BCUT2D eigenvalue weighted by molar-refractivity contribution is 7.07. The Morgan fingerprint density at radius 1 is 1.23 bits per heavy atom. The number of carbonyl (C=O) groups is 1. The van der Waals surface area contributed by atoms with E-state index >= 15 is 0 Å². The molecule has 0 fully saturated rings. The van der Waals surface area contributed by atoms with Crippen molar-refractivity contribution in [2.24, 2.45) is 4.99 Å². The lowest BCUT2D eigenvalue weighted by Crippen LogP contribution is -2.39. The van der Waals surface area contributed by atoms with Crippen molar-refractivity contribution >= 4 is 23.4 Å². The van der Waals surface area contributed by atoms with Crippen molar-refractivity contribution in [3.63, 3.8) is 0 Å². The Kier molecular flexibility index (Phi) is 5.33. The van der Waals surface area contributed by atoms with Gasteiger partial charge in [0.15, 0.2) is 4.80 Å². The molecule has 0 amide bonds. The summed E-state index contributed by atoms with van der Waals surface area (Å²) in [5.74, 6) is 0.106. The van der Waals surface area contributed by atoms with E-state index in [0.717, 1.165) is 11.1 Å². The van der Waals surface area contributed by atoms with Crippen molar-refractivity contribution in [2.75, 3.05) is 14.2 Å². The summed E-state index contributed by atoms with van der Waals surface area (Å²) in [4.78, 5) is 35.2. The van der Waals surface area contributed by atoms with Crippen LogP contribution < -0.4 is 19.6 Å². The van der Waals surface area contributed by atoms with Crippen LogP contribution in [0.5, 0.6) is 5.75 Å². The molecule has 1 aliphatic rings. The lowest BCUT2D eigenvalue weighted by atomic mass is 9.96. The Morgan fingerprint density at radius 2 is 2.07 bits per heavy atom. The van der Waals surface area contributed by atoms with Gasteiger partial charge in [-0.15, -0.1) is 0 Å². The predicted molar refractivity (Wildman–Crippen MR) is 113 cm³/mol. The van der Waals surface area contributed by atoms with Crippen LogP contribution in [0.2, 0.25) is 0 Å². The molecule has 7 nitrogen and oxygen atoms in total. The summed E-state index contributed by atoms with van der Waals surface area (Å²) in [7, 11) is 2.89. The highest BCUT2D eigenvalue weighted by atomic mass is 32.1. The summed E-state index contributed by atoms with van der Waals surface area (Å²) in [6.45, 7) is 1.75. The van der Waals surface area contributed by atoms with Crippen molar-refractivity contribution in [1.29, 1.82) is 0 Å². The van der Waals surface area contributed by atoms with E-state index in [1.807, 2.05) is 30.3 Å². The second-order valence-corrected chi connectivity index (χ2v) is 7.65. The summed E-state index contributed by atoms with van der Waals surface area (Å²) in [6, 6.07) is 10.3. The fourth-order valence-corrected chi connectivity index (χ4v) is 4.48. The molecule has 3 aromatic rings. The van der Waals surface area contributed by atoms with Crippen molar-refractivity contribution in [1.82, 2.24) is 9.55 Å². The Hall–Kier alpha value is -3.52. The van der Waals surface area contributed by atoms with Crippen molar-refractivity contribution in [3.05, 3.63) is 90.9 Å². The molecule has 1 atom stereocenters. The SMILES string of the molecule is COC(=O)C1=C(C)N=c2s/c(=C\c3cccnc3)c(=O)n2C1c1cccc(OC)c1. The number of methoxy groups -OCH3 is 2. The maximum Gasteiger partial charge on any atom is 0.338 e. The number of ether oxygens (including phenoxy) is 2. The van der Waals surface area contributed by atoms with E-state index < -0.39 is 12.0 Å². The van der Waals surface area contributed by atoms with Gasteiger partial charge < -0.3 is 9.47 Å². The molecule has 30 heavy (non-hydrogen) atoms. The molecule has 0 saturated carbocycles. The predicted octanol–water partition coefficient (Wildman–Crippen LogP) is 1.81. The molecule has 0 spiro atoms. The molecule has 152 valence electrons. The second-order valence-electron chi connectivity index (χ2n) is 6.64. The van der Waals surface area contributed by atoms with Crippen molar-refractivity contribution in [2.45, 2.75) is 13.0 Å². The first kappa shape index (κ1) is 19.8. The number of hydrogen-bond donors (Lipinski definition) is 0. The van der Waals surface area contributed by atoms with Gasteiger partial charge in [-0.1, -0.05) is 29.5 Å². The van der Waals surface area contributed by atoms with E-state index in [-0.39, 0.29) is 5.56 Å². The molecule has 2 aromatic heterocycles. The standard InChI is InChI=1S/C22H19N3O4S/c1-13-18(21(27)29-3)19(15-7-4-8-16(11-15)28-2)25-20(26)17(30-22(25)24-13)10-14-6-5-9-23-12-14/h4-12,19H,1-3H3/b17-10-. The van der Waals surface area contributed by atoms with Crippen LogP contribution in [0.25, 0.3) is 6.08 Å². The zero-order chi connectivity index (χ0) is 21.3. The van der Waals surface area contributed by atoms with Gasteiger partial charge in [-0.2, -0.15) is 0 Å². The minimum Gasteiger partial charge on any atom is -0.497 e. The Morgan fingerprint density at radius 3 is 2.77 bits per heavy atom. The molecule has 1 aliphatic heterocycles. The van der Waals surface area contributed by atoms with Gasteiger partial charge in [0.05, 0.1) is 36.1 Å². The third-order valence-corrected chi connectivity index (χ3v) is 5.80. The van der Waals surface area contributed by atoms with Gasteiger partial charge in [-0.05, 0) is 42.3 Å². The first-order valence-corrected chi connectivity index (χ1v) is 10.00. The minimum atomic E-state index is -0.667. The number of rotatable bonds is 4. The molecule has 0 saturated heterocycles. The van der Waals surface area contributed by atoms with Crippen LogP contribution in [0.3, 0.4) is 0 Å². The van der Waals surface area contributed by atoms with Gasteiger partial charge in [0.2, 0.25) is 0 Å². The molecule has 0 radical (unpaired) electrons. The quantitative estimate of drug-likeness (QED) is 0.600. The molecular formula is C22H19N3O4S. The first-order chi connectivity index (χ1) is 14.5. The molecular weight excluding hydrogens is 402 g/mol. The first-order valence-electron chi connectivity index (χ1n) is 9.18. The number of esters is 1. The van der Waals surface area contributed by atoms with Crippen LogP contribution >= 0.6 is 11.3 Å². The summed E-state index contributed by atoms with van der Waals surface area (Å²) < 4.78 is 12.4. The number of fused-ring (bicyclic) bond motifs is 1. The van der Waals surface area contributed by atoms with Crippen molar-refractivity contribution < 1.29 is 14.3 Å². The Balaban J connectivity index is 1.99. The van der Waals surface area contributed by atoms with Crippen LogP contribution in [0.1, 0.15) is 24.1 Å². The van der Waals surface area contributed by atoms with Gasteiger partial charge in [0.1, 0.15) is 5.75 Å². The number of pyridine rings is 1. The summed E-state index contributed by atoms with van der Waals surface area (Å²) in [5, 5.41) is 0. The molecule has 0 aliphatic carbocycles. The van der Waals surface area contributed by atoms with Gasteiger partial charge in [0, 0.05) is 12.4 Å². The zero-order valence-corrected chi connectivity index (χ0v) is 17.5. The fourth-order valence-electron chi connectivity index (χ4n) is 3.43. The third kappa shape index (κ3) is 3.46. The van der Waals surface area contributed by atoms with Gasteiger partial charge in [-0.3, -0.25) is 14.3 Å². The van der Waals surface area contributed by atoms with Crippen LogP contribution in [-0.2, 0) is 9.53 Å². The number of carbonyl (C=O) groups excluding carboxylic acids is 1. The van der Waals surface area contributed by atoms with Crippen LogP contribution in [0.15, 0.2) is 69.8 Å². The highest BCUT2D eigenvalue weighted by Gasteiger charge is 2.33. The van der Waals surface area contributed by atoms with E-state index in [1.165, 1.54) is 18.4 Å². The van der Waals surface area contributed by atoms with Crippen LogP contribution in [-0.4, -0.2) is 29.7 Å². The van der Waals surface area contributed by atoms with E-state index in [1.54, 1.807) is 43.1 Å². The lowest BCUT2D eigenvalue weighted by molar-refractivity contribution is -0.136. The molecule has 1 unspecified atom stereocenters. The highest BCUT2D eigenvalue weighted by Crippen LogP contribution is 2.32. The lowest BCUT2D eigenvalue weighted by Gasteiger charge is -2.24. The van der Waals surface area contributed by atoms with Crippen LogP contribution in [0.4, 0.5) is 0 Å². The maximum absolute atomic E-state index is 13.4. The van der Waals surface area contributed by atoms with E-state index in [4.69, 9.17) is 9.47 Å². The molecule has 4 rings (SSSR count). The van der Waals surface area contributed by atoms with E-state index in [9.17, 15) is 9.59 Å². The second kappa shape index (κ2) is 8.08. The summed E-state index contributed by atoms with van der Waals surface area (Å²) in [5.41, 5.74) is 2.15. The summed E-state index contributed by atoms with van der Waals surface area (Å²) >= 11 is 1.27. The van der Waals surface area contributed by atoms with Gasteiger partial charge in [0.25, 0.3) is 5.56 Å². The molecule has 0 bridgehead atoms. The molecule has 8 heteroatoms. The number of hydrogen-bond acceptors (Lipinski definition) is 7. The molecule has 3 heterocycles. The monoisotopic (exact) mass is 421 g/mol. The van der Waals surface area contributed by atoms with E-state index in [0.29, 0.717) is 26.4 Å². The normalized spacial score (nSPS) is 16.1. The molecule has 0 N–H and O–H groups in total. The number of nitrogens with zero attached hydrogens (tertiary/aromatic N) is 3. The average Bonchev–Trinajstić information content (AvgIpc) is 3.07. The van der Waals surface area contributed by atoms with Crippen LogP contribution in [0, 0.1) is 0 Å². The topological polar surface area (TPSA) is 82.8 Å². The number of benzene rings is 1.